The number of hydrogen-bond acceptors (Lipinski definition) is 5. The Morgan fingerprint density at radius 1 is 1.18 bits per heavy atom. The average molecular weight is 492 g/mol. The first-order valence-electron chi connectivity index (χ1n) is 9.99. The molecular weight excluding hydrogens is 474 g/mol. The summed E-state index contributed by atoms with van der Waals surface area (Å²) in [7, 11) is 0. The van der Waals surface area contributed by atoms with Crippen molar-refractivity contribution < 1.29 is 31.1 Å². The Morgan fingerprint density at radius 2 is 1.91 bits per heavy atom. The van der Waals surface area contributed by atoms with E-state index in [-0.39, 0.29) is 28.5 Å². The number of nitrogens with one attached hydrogen (secondary N) is 1. The van der Waals surface area contributed by atoms with E-state index in [1.165, 1.54) is 0 Å². The van der Waals surface area contributed by atoms with Crippen molar-refractivity contribution in [1.82, 2.24) is 24.5 Å². The molecule has 178 valence electrons. The highest BCUT2D eigenvalue weighted by atomic mass is 32.1. The van der Waals surface area contributed by atoms with Crippen molar-refractivity contribution in [2.75, 3.05) is 5.32 Å². The van der Waals surface area contributed by atoms with Crippen LogP contribution in [0.5, 0.6) is 0 Å². The molecule has 0 saturated carbocycles. The van der Waals surface area contributed by atoms with Crippen LogP contribution in [0.3, 0.4) is 0 Å². The minimum atomic E-state index is -4.62. The number of amides is 1. The summed E-state index contributed by atoms with van der Waals surface area (Å²) in [6.45, 7) is 3.20. The lowest BCUT2D eigenvalue weighted by molar-refractivity contribution is -0.142. The van der Waals surface area contributed by atoms with E-state index in [0.29, 0.717) is 24.2 Å². The number of nitrogens with zero attached hydrogens (tertiary/aromatic N) is 5. The fourth-order valence-electron chi connectivity index (χ4n) is 3.85. The molecule has 0 radical (unpaired) electrons. The lowest BCUT2D eigenvalue weighted by Gasteiger charge is -2.17. The summed E-state index contributed by atoms with van der Waals surface area (Å²) in [4.78, 5) is 17.1. The summed E-state index contributed by atoms with van der Waals surface area (Å²) in [5.41, 5.74) is -1.18. The Hall–Kier alpha value is -2.90. The van der Waals surface area contributed by atoms with Crippen molar-refractivity contribution in [1.29, 1.82) is 0 Å². The summed E-state index contributed by atoms with van der Waals surface area (Å²) in [5.74, 6) is -0.611. The lowest BCUT2D eigenvalue weighted by Crippen LogP contribution is -2.27. The molecular formula is C19H18F6N6OS. The predicted molar refractivity (Wildman–Crippen MR) is 106 cm³/mol. The molecule has 3 aromatic rings. The van der Waals surface area contributed by atoms with E-state index in [4.69, 9.17) is 0 Å². The van der Waals surface area contributed by atoms with E-state index >= 15 is 0 Å². The van der Waals surface area contributed by atoms with Crippen LogP contribution in [0.25, 0.3) is 5.00 Å². The number of aromatic nitrogens is 5. The van der Waals surface area contributed by atoms with Gasteiger partial charge in [-0.3, -0.25) is 9.48 Å². The molecule has 4 rings (SSSR count). The normalized spacial score (nSPS) is 15.0. The van der Waals surface area contributed by atoms with Crippen LogP contribution in [0.15, 0.2) is 12.3 Å². The van der Waals surface area contributed by atoms with Crippen LogP contribution in [-0.2, 0) is 30.0 Å². The summed E-state index contributed by atoms with van der Waals surface area (Å²) in [5, 5.41) is 10.1. The van der Waals surface area contributed by atoms with Crippen molar-refractivity contribution in [3.05, 3.63) is 40.6 Å². The average Bonchev–Trinajstić information content (AvgIpc) is 3.45. The largest absolute Gasteiger partial charge is 0.435 e. The van der Waals surface area contributed by atoms with Crippen LogP contribution in [-0.4, -0.2) is 30.5 Å². The van der Waals surface area contributed by atoms with Gasteiger partial charge in [-0.05, 0) is 38.7 Å². The van der Waals surface area contributed by atoms with Crippen molar-refractivity contribution in [3.63, 3.8) is 0 Å². The van der Waals surface area contributed by atoms with E-state index in [1.54, 1.807) is 13.8 Å². The van der Waals surface area contributed by atoms with Gasteiger partial charge in [-0.1, -0.05) is 18.3 Å². The number of hydrogen-bond donors (Lipinski definition) is 1. The fraction of sp³-hybridized carbons (Fsp3) is 0.474. The number of halogens is 6. The minimum Gasteiger partial charge on any atom is -0.300 e. The molecule has 14 heteroatoms. The molecule has 1 aliphatic rings. The zero-order valence-electron chi connectivity index (χ0n) is 17.4. The van der Waals surface area contributed by atoms with E-state index in [0.717, 1.165) is 33.0 Å². The van der Waals surface area contributed by atoms with Gasteiger partial charge in [0.2, 0.25) is 0 Å². The molecule has 3 heterocycles. The summed E-state index contributed by atoms with van der Waals surface area (Å²) in [6.07, 6.45) is -6.71. The Labute approximate surface area is 187 Å². The van der Waals surface area contributed by atoms with Crippen LogP contribution in [0.1, 0.15) is 54.1 Å². The summed E-state index contributed by atoms with van der Waals surface area (Å²) < 4.78 is 80.8. The quantitative estimate of drug-likeness (QED) is 0.512. The Balaban J connectivity index is 1.59. The van der Waals surface area contributed by atoms with E-state index < -0.39 is 35.7 Å². The highest BCUT2D eigenvalue weighted by molar-refractivity contribution is 7.18. The molecule has 0 unspecified atom stereocenters. The van der Waals surface area contributed by atoms with Gasteiger partial charge in [0.15, 0.2) is 16.5 Å². The number of carbonyl (C=O) groups is 1. The second-order valence-electron chi connectivity index (χ2n) is 7.54. The molecule has 0 aromatic carbocycles. The zero-order valence-corrected chi connectivity index (χ0v) is 18.2. The van der Waals surface area contributed by atoms with Gasteiger partial charge in [0, 0.05) is 17.5 Å². The first kappa shape index (κ1) is 23.3. The molecule has 1 aliphatic carbocycles. The first-order valence-corrected chi connectivity index (χ1v) is 10.8. The van der Waals surface area contributed by atoms with Gasteiger partial charge in [-0.15, -0.1) is 0 Å². The van der Waals surface area contributed by atoms with Crippen molar-refractivity contribution in [2.45, 2.75) is 57.9 Å². The molecule has 0 saturated heterocycles. The molecule has 0 spiro atoms. The molecule has 3 aromatic heterocycles. The monoisotopic (exact) mass is 492 g/mol. The third-order valence-corrected chi connectivity index (χ3v) is 6.36. The predicted octanol–water partition coefficient (Wildman–Crippen LogP) is 4.95. The summed E-state index contributed by atoms with van der Waals surface area (Å²) >= 11 is 0.903. The lowest BCUT2D eigenvalue weighted by atomic mass is 10.2. The Bertz CT molecular complexity index is 1190. The van der Waals surface area contributed by atoms with Gasteiger partial charge in [-0.2, -0.15) is 36.5 Å². The number of rotatable bonds is 5. The van der Waals surface area contributed by atoms with Gasteiger partial charge < -0.3 is 5.32 Å². The van der Waals surface area contributed by atoms with E-state index in [1.807, 2.05) is 0 Å². The number of alkyl halides is 6. The van der Waals surface area contributed by atoms with Crippen LogP contribution in [0, 0.1) is 6.92 Å². The van der Waals surface area contributed by atoms with Gasteiger partial charge in [0.1, 0.15) is 11.0 Å². The molecule has 0 bridgehead atoms. The molecule has 0 fully saturated rings. The first-order chi connectivity index (χ1) is 15.4. The second-order valence-corrected chi connectivity index (χ2v) is 8.51. The third-order valence-electron chi connectivity index (χ3n) is 5.30. The number of carbonyl (C=O) groups excluding carboxylic acids is 1. The topological polar surface area (TPSA) is 77.6 Å². The molecule has 1 N–H and O–H groups in total. The van der Waals surface area contributed by atoms with Crippen molar-refractivity contribution >= 4 is 22.4 Å². The van der Waals surface area contributed by atoms with Crippen LogP contribution < -0.4 is 5.32 Å². The SMILES string of the molecule is CC[C@H](C(=O)Nc1nc(C)c(-n2ccc(C(F)(F)F)n2)s1)n1nc(C(F)(F)F)c2c1CCC2. The van der Waals surface area contributed by atoms with Crippen LogP contribution in [0.4, 0.5) is 31.5 Å². The van der Waals surface area contributed by atoms with E-state index in [9.17, 15) is 31.1 Å². The van der Waals surface area contributed by atoms with Crippen molar-refractivity contribution in [3.8, 4) is 5.00 Å². The van der Waals surface area contributed by atoms with Gasteiger partial charge in [0.05, 0.1) is 5.69 Å². The molecule has 1 atom stereocenters. The standard InChI is InChI=1S/C19H18F6N6OS/c1-3-11(31-12-6-4-5-10(12)14(29-31)19(23,24)25)15(32)27-17-26-9(2)16(33-17)30-8-7-13(28-30)18(20,21)22/h7-8,11H,3-6H2,1-2H3,(H,26,27,32)/t11-/m1/s1. The van der Waals surface area contributed by atoms with E-state index in [2.05, 4.69) is 20.5 Å². The molecule has 1 amide bonds. The molecule has 0 aliphatic heterocycles. The molecule has 7 nitrogen and oxygen atoms in total. The maximum atomic E-state index is 13.4. The highest BCUT2D eigenvalue weighted by Gasteiger charge is 2.41. The maximum absolute atomic E-state index is 13.4. The van der Waals surface area contributed by atoms with Crippen LogP contribution in [0.2, 0.25) is 0 Å². The third kappa shape index (κ3) is 4.35. The van der Waals surface area contributed by atoms with Crippen molar-refractivity contribution in [2.24, 2.45) is 0 Å². The number of fused-ring (bicyclic) bond motifs is 1. The Morgan fingerprint density at radius 3 is 2.52 bits per heavy atom. The minimum absolute atomic E-state index is 0.0925. The molecule has 33 heavy (non-hydrogen) atoms. The number of anilines is 1. The highest BCUT2D eigenvalue weighted by Crippen LogP contribution is 2.38. The summed E-state index contributed by atoms with van der Waals surface area (Å²) in [6, 6.07) is -0.178. The maximum Gasteiger partial charge on any atom is 0.435 e. The van der Waals surface area contributed by atoms with Crippen LogP contribution >= 0.6 is 11.3 Å². The Kier molecular flexibility index (Phi) is 5.75. The fourth-order valence-corrected chi connectivity index (χ4v) is 4.76. The van der Waals surface area contributed by atoms with Gasteiger partial charge >= 0.3 is 12.4 Å². The van der Waals surface area contributed by atoms with Gasteiger partial charge in [0.25, 0.3) is 5.91 Å². The smallest absolute Gasteiger partial charge is 0.300 e. The number of thiazole rings is 1. The zero-order chi connectivity index (χ0) is 24.1. The second kappa shape index (κ2) is 8.15. The number of aryl methyl sites for hydroxylation is 1. The van der Waals surface area contributed by atoms with Gasteiger partial charge in [-0.25, -0.2) is 9.67 Å².